The SMILES string of the molecule is CCCCCCCCC/C=C\CCCCCCCC(=O)OC(COC(=O)CCCCCCCCCCCCCCCCCCCCCCC)COP(=O)(O)O. The normalized spacial score (nSPS) is 12.4. The van der Waals surface area contributed by atoms with Crippen molar-refractivity contribution in [1.82, 2.24) is 0 Å². The third-order valence-corrected chi connectivity index (χ3v) is 11.0. The molecule has 0 rings (SSSR count). The maximum atomic E-state index is 12.4. The number of hydrogen-bond donors (Lipinski definition) is 2. The molecule has 0 aliphatic rings. The lowest BCUT2D eigenvalue weighted by Gasteiger charge is -2.18. The molecule has 0 fully saturated rings. The summed E-state index contributed by atoms with van der Waals surface area (Å²) >= 11 is 0. The average molecular weight is 801 g/mol. The average Bonchev–Trinajstić information content (AvgIpc) is 3.16. The predicted molar refractivity (Wildman–Crippen MR) is 230 cm³/mol. The topological polar surface area (TPSA) is 119 Å². The van der Waals surface area contributed by atoms with Gasteiger partial charge in [-0.3, -0.25) is 14.1 Å². The molecule has 0 aliphatic carbocycles. The number of carbonyl (C=O) groups is 2. The van der Waals surface area contributed by atoms with Crippen LogP contribution in [0.3, 0.4) is 0 Å². The molecule has 0 bridgehead atoms. The summed E-state index contributed by atoms with van der Waals surface area (Å²) in [7, 11) is -4.75. The zero-order chi connectivity index (χ0) is 40.3. The Labute approximate surface area is 339 Å². The number of ether oxygens (including phenoxy) is 2. The van der Waals surface area contributed by atoms with Crippen LogP contribution in [-0.2, 0) is 28.2 Å². The van der Waals surface area contributed by atoms with E-state index < -0.39 is 32.5 Å². The first-order chi connectivity index (χ1) is 26.8. The fourth-order valence-electron chi connectivity index (χ4n) is 7.02. The molecule has 326 valence electrons. The van der Waals surface area contributed by atoms with Gasteiger partial charge in [0.15, 0.2) is 6.10 Å². The predicted octanol–water partition coefficient (Wildman–Crippen LogP) is 14.6. The van der Waals surface area contributed by atoms with Crippen molar-refractivity contribution in [3.63, 3.8) is 0 Å². The lowest BCUT2D eigenvalue weighted by Crippen LogP contribution is -2.29. The van der Waals surface area contributed by atoms with Gasteiger partial charge in [0.1, 0.15) is 6.61 Å². The van der Waals surface area contributed by atoms with E-state index >= 15 is 0 Å². The van der Waals surface area contributed by atoms with E-state index in [9.17, 15) is 14.2 Å². The molecule has 1 unspecified atom stereocenters. The summed E-state index contributed by atoms with van der Waals surface area (Å²) in [4.78, 5) is 43.0. The summed E-state index contributed by atoms with van der Waals surface area (Å²) in [6, 6.07) is 0. The van der Waals surface area contributed by atoms with Crippen LogP contribution in [-0.4, -0.2) is 41.0 Å². The van der Waals surface area contributed by atoms with Gasteiger partial charge in [0.05, 0.1) is 6.61 Å². The van der Waals surface area contributed by atoms with Crippen molar-refractivity contribution in [3.05, 3.63) is 12.2 Å². The van der Waals surface area contributed by atoms with Crippen molar-refractivity contribution < 1.29 is 37.9 Å². The van der Waals surface area contributed by atoms with E-state index in [1.165, 1.54) is 167 Å². The van der Waals surface area contributed by atoms with E-state index in [1.807, 2.05) is 0 Å². The van der Waals surface area contributed by atoms with Gasteiger partial charge in [-0.1, -0.05) is 212 Å². The second kappa shape index (κ2) is 42.4. The summed E-state index contributed by atoms with van der Waals surface area (Å²) in [5.74, 6) is -0.879. The first-order valence-corrected chi connectivity index (χ1v) is 25.0. The van der Waals surface area contributed by atoms with Gasteiger partial charge in [0.25, 0.3) is 0 Å². The van der Waals surface area contributed by atoms with E-state index in [-0.39, 0.29) is 19.4 Å². The van der Waals surface area contributed by atoms with Gasteiger partial charge in [0.2, 0.25) is 0 Å². The highest BCUT2D eigenvalue weighted by atomic mass is 31.2. The molecule has 2 N–H and O–H groups in total. The van der Waals surface area contributed by atoms with Crippen LogP contribution in [0.4, 0.5) is 0 Å². The van der Waals surface area contributed by atoms with Crippen LogP contribution in [0.15, 0.2) is 12.2 Å². The van der Waals surface area contributed by atoms with E-state index in [4.69, 9.17) is 19.3 Å². The minimum absolute atomic E-state index is 0.206. The monoisotopic (exact) mass is 801 g/mol. The molecule has 0 heterocycles. The highest BCUT2D eigenvalue weighted by Gasteiger charge is 2.23. The van der Waals surface area contributed by atoms with Gasteiger partial charge in [-0.05, 0) is 38.5 Å². The van der Waals surface area contributed by atoms with Gasteiger partial charge in [0, 0.05) is 12.8 Å². The van der Waals surface area contributed by atoms with Gasteiger partial charge in [-0.2, -0.15) is 0 Å². The van der Waals surface area contributed by atoms with Crippen molar-refractivity contribution in [2.45, 2.75) is 258 Å². The van der Waals surface area contributed by atoms with Crippen LogP contribution in [0.1, 0.15) is 251 Å². The maximum Gasteiger partial charge on any atom is 0.469 e. The third-order valence-electron chi connectivity index (χ3n) is 10.5. The lowest BCUT2D eigenvalue weighted by molar-refractivity contribution is -0.161. The van der Waals surface area contributed by atoms with Gasteiger partial charge >= 0.3 is 19.8 Å². The molecule has 0 radical (unpaired) electrons. The smallest absolute Gasteiger partial charge is 0.462 e. The Morgan fingerprint density at radius 1 is 0.455 bits per heavy atom. The molecule has 0 saturated heterocycles. The lowest BCUT2D eigenvalue weighted by atomic mass is 10.0. The molecule has 0 aromatic rings. The summed E-state index contributed by atoms with van der Waals surface area (Å²) in [5, 5.41) is 0. The quantitative estimate of drug-likeness (QED) is 0.0271. The van der Waals surface area contributed by atoms with Crippen molar-refractivity contribution in [2.24, 2.45) is 0 Å². The number of esters is 2. The number of hydrogen-bond acceptors (Lipinski definition) is 6. The summed E-state index contributed by atoms with van der Waals surface area (Å²) in [6.45, 7) is 3.72. The fourth-order valence-corrected chi connectivity index (χ4v) is 7.38. The third kappa shape index (κ3) is 45.4. The number of phosphoric acid groups is 1. The van der Waals surface area contributed by atoms with Gasteiger partial charge in [-0.15, -0.1) is 0 Å². The molecule has 0 aliphatic heterocycles. The number of rotatable bonds is 44. The first-order valence-electron chi connectivity index (χ1n) is 23.5. The molecule has 0 aromatic heterocycles. The Kier molecular flexibility index (Phi) is 41.5. The Balaban J connectivity index is 3.81. The standard InChI is InChI=1S/C46H89O8P/c1-3-5-7-9-11-13-15-17-19-21-22-23-24-25-27-28-30-32-34-36-38-40-45(47)52-42-44(43-53-55(49,50)51)54-46(48)41-39-37-35-33-31-29-26-20-18-16-14-12-10-8-6-4-2/h20,26,44H,3-19,21-25,27-43H2,1-2H3,(H2,49,50,51)/b26-20-. The Bertz CT molecular complexity index is 904. The maximum absolute atomic E-state index is 12.4. The molecule has 0 spiro atoms. The molecule has 8 nitrogen and oxygen atoms in total. The molecular weight excluding hydrogens is 711 g/mol. The van der Waals surface area contributed by atoms with Crippen molar-refractivity contribution in [2.75, 3.05) is 13.2 Å². The number of allylic oxidation sites excluding steroid dienone is 2. The van der Waals surface area contributed by atoms with E-state index in [0.29, 0.717) is 6.42 Å². The fraction of sp³-hybridized carbons (Fsp3) is 0.913. The molecule has 0 aromatic carbocycles. The zero-order valence-corrected chi connectivity index (χ0v) is 37.0. The largest absolute Gasteiger partial charge is 0.469 e. The van der Waals surface area contributed by atoms with Crippen LogP contribution < -0.4 is 0 Å². The van der Waals surface area contributed by atoms with Crippen LogP contribution in [0, 0.1) is 0 Å². The minimum Gasteiger partial charge on any atom is -0.462 e. The molecule has 9 heteroatoms. The Morgan fingerprint density at radius 2 is 0.764 bits per heavy atom. The highest BCUT2D eigenvalue weighted by Crippen LogP contribution is 2.36. The summed E-state index contributed by atoms with van der Waals surface area (Å²) < 4.78 is 26.5. The van der Waals surface area contributed by atoms with E-state index in [0.717, 1.165) is 51.4 Å². The number of phosphoric ester groups is 1. The number of unbranched alkanes of at least 4 members (excludes halogenated alkanes) is 32. The van der Waals surface area contributed by atoms with Crippen molar-refractivity contribution >= 4 is 19.8 Å². The summed E-state index contributed by atoms with van der Waals surface area (Å²) in [5.41, 5.74) is 0. The zero-order valence-electron chi connectivity index (χ0n) is 36.1. The Hall–Kier alpha value is -1.21. The molecular formula is C46H89O8P. The first kappa shape index (κ1) is 53.8. The Morgan fingerprint density at radius 3 is 1.11 bits per heavy atom. The molecule has 55 heavy (non-hydrogen) atoms. The summed E-state index contributed by atoms with van der Waals surface area (Å²) in [6.07, 6.45) is 48.0. The van der Waals surface area contributed by atoms with E-state index in [2.05, 4.69) is 30.5 Å². The molecule has 0 amide bonds. The van der Waals surface area contributed by atoms with Gasteiger partial charge < -0.3 is 19.3 Å². The highest BCUT2D eigenvalue weighted by molar-refractivity contribution is 7.46. The second-order valence-corrected chi connectivity index (χ2v) is 17.3. The van der Waals surface area contributed by atoms with Crippen molar-refractivity contribution in [3.8, 4) is 0 Å². The van der Waals surface area contributed by atoms with Crippen molar-refractivity contribution in [1.29, 1.82) is 0 Å². The van der Waals surface area contributed by atoms with Crippen LogP contribution in [0.2, 0.25) is 0 Å². The number of carbonyl (C=O) groups excluding carboxylic acids is 2. The van der Waals surface area contributed by atoms with Crippen LogP contribution >= 0.6 is 7.82 Å². The van der Waals surface area contributed by atoms with Gasteiger partial charge in [-0.25, -0.2) is 4.57 Å². The molecule has 0 saturated carbocycles. The second-order valence-electron chi connectivity index (χ2n) is 16.1. The van der Waals surface area contributed by atoms with Crippen LogP contribution in [0.25, 0.3) is 0 Å². The minimum atomic E-state index is -4.75. The van der Waals surface area contributed by atoms with E-state index in [1.54, 1.807) is 0 Å². The molecule has 1 atom stereocenters. The van der Waals surface area contributed by atoms with Crippen LogP contribution in [0.5, 0.6) is 0 Å².